The summed E-state index contributed by atoms with van der Waals surface area (Å²) in [6.45, 7) is -0.699. The second-order valence-electron chi connectivity index (χ2n) is 4.71. The third-order valence-corrected chi connectivity index (χ3v) is 3.22. The van der Waals surface area contributed by atoms with E-state index in [0.29, 0.717) is 0 Å². The van der Waals surface area contributed by atoms with Crippen molar-refractivity contribution in [2.75, 3.05) is 13.2 Å². The van der Waals surface area contributed by atoms with E-state index < -0.39 is 42.4 Å². The van der Waals surface area contributed by atoms with E-state index in [1.54, 1.807) is 0 Å². The Labute approximate surface area is 124 Å². The molecule has 1 fully saturated rings. The molecule has 1 aliphatic heterocycles. The predicted molar refractivity (Wildman–Crippen MR) is 72.9 cm³/mol. The molecule has 2 heterocycles. The maximum Gasteiger partial charge on any atom is 0.330 e. The first kappa shape index (κ1) is 16.4. The highest BCUT2D eigenvalue weighted by Gasteiger charge is 2.43. The quantitative estimate of drug-likeness (QED) is 0.371. The van der Waals surface area contributed by atoms with Gasteiger partial charge in [0.2, 0.25) is 0 Å². The topological polar surface area (TPSA) is 145 Å². The maximum atomic E-state index is 11.8. The molecule has 1 aromatic rings. The number of nitrogens with zero attached hydrogens (tertiary/aromatic N) is 1. The molecule has 0 aliphatic carbocycles. The zero-order valence-corrected chi connectivity index (χ0v) is 11.5. The van der Waals surface area contributed by atoms with E-state index in [4.69, 9.17) is 14.9 Å². The summed E-state index contributed by atoms with van der Waals surface area (Å²) >= 11 is 0. The number of rotatable bonds is 3. The number of H-pyrrole nitrogens is 1. The Hall–Kier alpha value is -1.96. The first-order valence-corrected chi connectivity index (χ1v) is 6.57. The van der Waals surface area contributed by atoms with Crippen LogP contribution in [0.4, 0.5) is 0 Å². The van der Waals surface area contributed by atoms with Crippen molar-refractivity contribution in [2.24, 2.45) is 0 Å². The molecule has 1 aliphatic rings. The maximum absolute atomic E-state index is 11.8. The van der Waals surface area contributed by atoms with Gasteiger partial charge in [-0.3, -0.25) is 14.3 Å². The van der Waals surface area contributed by atoms with Crippen molar-refractivity contribution in [1.82, 2.24) is 9.55 Å². The van der Waals surface area contributed by atoms with E-state index in [1.165, 1.54) is 0 Å². The molecular formula is C13H16N2O7. The number of hydrogen-bond donors (Lipinski definition) is 5. The van der Waals surface area contributed by atoms with Crippen LogP contribution in [-0.2, 0) is 4.74 Å². The Balaban J connectivity index is 2.40. The fourth-order valence-corrected chi connectivity index (χ4v) is 2.09. The predicted octanol–water partition coefficient (Wildman–Crippen LogP) is -3.12. The van der Waals surface area contributed by atoms with Gasteiger partial charge in [0.1, 0.15) is 23.9 Å². The summed E-state index contributed by atoms with van der Waals surface area (Å²) in [6, 6.07) is 0. The molecule has 0 spiro atoms. The molecular weight excluding hydrogens is 296 g/mol. The zero-order valence-electron chi connectivity index (χ0n) is 11.5. The summed E-state index contributed by atoms with van der Waals surface area (Å²) in [6.07, 6.45) is -3.84. The highest BCUT2D eigenvalue weighted by Crippen LogP contribution is 2.27. The van der Waals surface area contributed by atoms with Gasteiger partial charge >= 0.3 is 5.69 Å². The second-order valence-corrected chi connectivity index (χ2v) is 4.71. The zero-order chi connectivity index (χ0) is 16.3. The van der Waals surface area contributed by atoms with Crippen molar-refractivity contribution >= 4 is 0 Å². The van der Waals surface area contributed by atoms with Gasteiger partial charge in [-0.25, -0.2) is 4.79 Å². The standard InChI is InChI=1S/C13H16N2O7/c16-4-2-1-3-7-5-15(13(21)14-11(7)20)12-10(19)9(18)8(6-17)22-12/h5,8-10,12,16-19H,2,4,6H2,(H,14,20,21)/t8-,9-,10-,12-/m1/s1. The van der Waals surface area contributed by atoms with E-state index >= 15 is 0 Å². The second kappa shape index (κ2) is 6.87. The van der Waals surface area contributed by atoms with Crippen molar-refractivity contribution in [2.45, 2.75) is 31.0 Å². The molecule has 0 unspecified atom stereocenters. The van der Waals surface area contributed by atoms with Crippen molar-refractivity contribution in [3.8, 4) is 11.8 Å². The third kappa shape index (κ3) is 3.11. The summed E-state index contributed by atoms with van der Waals surface area (Å²) in [5, 5.41) is 37.3. The van der Waals surface area contributed by atoms with Crippen LogP contribution in [0, 0.1) is 11.8 Å². The highest BCUT2D eigenvalue weighted by molar-refractivity contribution is 5.29. The Kier molecular flexibility index (Phi) is 5.12. The summed E-state index contributed by atoms with van der Waals surface area (Å²) in [5.74, 6) is 5.03. The summed E-state index contributed by atoms with van der Waals surface area (Å²) in [7, 11) is 0. The Morgan fingerprint density at radius 2 is 2.00 bits per heavy atom. The smallest absolute Gasteiger partial charge is 0.330 e. The molecule has 5 N–H and O–H groups in total. The van der Waals surface area contributed by atoms with Crippen LogP contribution in [-0.4, -0.2) is 61.5 Å². The summed E-state index contributed by atoms with van der Waals surface area (Å²) < 4.78 is 6.12. The van der Waals surface area contributed by atoms with E-state index in [9.17, 15) is 19.8 Å². The lowest BCUT2D eigenvalue weighted by atomic mass is 10.1. The van der Waals surface area contributed by atoms with Gasteiger partial charge in [0.25, 0.3) is 5.56 Å². The Morgan fingerprint density at radius 3 is 2.59 bits per heavy atom. The lowest BCUT2D eigenvalue weighted by Crippen LogP contribution is -2.38. The number of ether oxygens (including phenoxy) is 1. The van der Waals surface area contributed by atoms with Gasteiger partial charge in [-0.15, -0.1) is 0 Å². The minimum Gasteiger partial charge on any atom is -0.395 e. The SMILES string of the molecule is O=c1[nH]c(=O)n([C@@H]2O[C@H](CO)[C@@H](O)[C@H]2O)cc1C#CCCO. The van der Waals surface area contributed by atoms with Crippen LogP contribution < -0.4 is 11.2 Å². The van der Waals surface area contributed by atoms with Crippen LogP contribution in [0.25, 0.3) is 0 Å². The number of aromatic amines is 1. The minimum atomic E-state index is -1.45. The Bertz CT molecular complexity index is 699. The van der Waals surface area contributed by atoms with Crippen LogP contribution in [0.2, 0.25) is 0 Å². The van der Waals surface area contributed by atoms with Crippen LogP contribution in [0.1, 0.15) is 18.2 Å². The molecule has 0 bridgehead atoms. The number of nitrogens with one attached hydrogen (secondary N) is 1. The van der Waals surface area contributed by atoms with E-state index in [-0.39, 0.29) is 18.6 Å². The summed E-state index contributed by atoms with van der Waals surface area (Å²) in [5.41, 5.74) is -1.60. The number of aliphatic hydroxyl groups excluding tert-OH is 4. The van der Waals surface area contributed by atoms with Gasteiger partial charge in [0.05, 0.1) is 13.2 Å². The molecule has 0 saturated carbocycles. The molecule has 0 amide bonds. The molecule has 0 radical (unpaired) electrons. The van der Waals surface area contributed by atoms with Gasteiger partial charge < -0.3 is 25.2 Å². The van der Waals surface area contributed by atoms with Gasteiger partial charge in [0, 0.05) is 12.6 Å². The molecule has 1 saturated heterocycles. The average molecular weight is 312 g/mol. The average Bonchev–Trinajstić information content (AvgIpc) is 2.77. The lowest BCUT2D eigenvalue weighted by molar-refractivity contribution is -0.0550. The molecule has 9 heteroatoms. The molecule has 22 heavy (non-hydrogen) atoms. The van der Waals surface area contributed by atoms with Crippen LogP contribution in [0.3, 0.4) is 0 Å². The van der Waals surface area contributed by atoms with Crippen LogP contribution in [0.5, 0.6) is 0 Å². The van der Waals surface area contributed by atoms with Crippen LogP contribution in [0.15, 0.2) is 15.8 Å². The first-order chi connectivity index (χ1) is 10.5. The van der Waals surface area contributed by atoms with Crippen molar-refractivity contribution < 1.29 is 25.2 Å². The van der Waals surface area contributed by atoms with E-state index in [2.05, 4.69) is 11.8 Å². The fourth-order valence-electron chi connectivity index (χ4n) is 2.09. The molecule has 120 valence electrons. The highest BCUT2D eigenvalue weighted by atomic mass is 16.6. The van der Waals surface area contributed by atoms with Gasteiger partial charge in [-0.1, -0.05) is 11.8 Å². The molecule has 2 rings (SSSR count). The third-order valence-electron chi connectivity index (χ3n) is 3.22. The first-order valence-electron chi connectivity index (χ1n) is 6.57. The minimum absolute atomic E-state index is 0.0502. The van der Waals surface area contributed by atoms with Crippen LogP contribution >= 0.6 is 0 Å². The molecule has 1 aromatic heterocycles. The largest absolute Gasteiger partial charge is 0.395 e. The molecule has 9 nitrogen and oxygen atoms in total. The van der Waals surface area contributed by atoms with E-state index in [0.717, 1.165) is 10.8 Å². The number of aromatic nitrogens is 2. The monoisotopic (exact) mass is 312 g/mol. The molecule has 0 aromatic carbocycles. The van der Waals surface area contributed by atoms with Crippen molar-refractivity contribution in [3.05, 3.63) is 32.6 Å². The van der Waals surface area contributed by atoms with Crippen molar-refractivity contribution in [3.63, 3.8) is 0 Å². The van der Waals surface area contributed by atoms with Crippen molar-refractivity contribution in [1.29, 1.82) is 0 Å². The number of hydrogen-bond acceptors (Lipinski definition) is 7. The summed E-state index contributed by atoms with van der Waals surface area (Å²) in [4.78, 5) is 25.5. The fraction of sp³-hybridized carbons (Fsp3) is 0.538. The van der Waals surface area contributed by atoms with Gasteiger partial charge in [-0.05, 0) is 0 Å². The molecule has 4 atom stereocenters. The van der Waals surface area contributed by atoms with Gasteiger partial charge in [0.15, 0.2) is 6.23 Å². The Morgan fingerprint density at radius 1 is 1.27 bits per heavy atom. The number of aliphatic hydroxyl groups is 4. The van der Waals surface area contributed by atoms with Gasteiger partial charge in [-0.2, -0.15) is 0 Å². The normalized spacial score (nSPS) is 27.5. The lowest BCUT2D eigenvalue weighted by Gasteiger charge is -2.17. The van der Waals surface area contributed by atoms with E-state index in [1.807, 2.05) is 4.98 Å².